The fourth-order valence-corrected chi connectivity index (χ4v) is 2.29. The van der Waals surface area contributed by atoms with Crippen LogP contribution in [0.5, 0.6) is 0 Å². The number of anilines is 1. The fourth-order valence-electron chi connectivity index (χ4n) is 1.55. The largest absolute Gasteiger partial charge is 0.469 e. The molecule has 8 heteroatoms. The second kappa shape index (κ2) is 9.06. The second-order valence-electron chi connectivity index (χ2n) is 4.36. The third-order valence-electron chi connectivity index (χ3n) is 2.59. The van der Waals surface area contributed by atoms with Crippen molar-refractivity contribution in [3.05, 3.63) is 11.1 Å². The maximum atomic E-state index is 11.8. The molecule has 0 fully saturated rings. The van der Waals surface area contributed by atoms with Crippen LogP contribution in [0.1, 0.15) is 43.1 Å². The van der Waals surface area contributed by atoms with Crippen molar-refractivity contribution in [2.45, 2.75) is 32.6 Å². The standard InChI is InChI=1S/C13H19N3O4S/c1-9(17)15-13-16-10(8-21-13)12(19)14-7-5-3-4-6-11(18)20-2/h8H,3-7H2,1-2H3,(H,14,19)(H,15,16,17). The van der Waals surface area contributed by atoms with E-state index in [0.717, 1.165) is 19.3 Å². The highest BCUT2D eigenvalue weighted by atomic mass is 32.1. The summed E-state index contributed by atoms with van der Waals surface area (Å²) in [4.78, 5) is 37.5. The first kappa shape index (κ1) is 17.1. The predicted molar refractivity (Wildman–Crippen MR) is 79.2 cm³/mol. The van der Waals surface area contributed by atoms with Crippen molar-refractivity contribution < 1.29 is 19.1 Å². The second-order valence-corrected chi connectivity index (χ2v) is 5.22. The molecule has 0 spiro atoms. The summed E-state index contributed by atoms with van der Waals surface area (Å²) in [7, 11) is 1.37. The summed E-state index contributed by atoms with van der Waals surface area (Å²) in [6.45, 7) is 1.91. The Balaban J connectivity index is 2.20. The lowest BCUT2D eigenvalue weighted by Crippen LogP contribution is -2.24. The molecule has 0 bridgehead atoms. The Kier molecular flexibility index (Phi) is 7.38. The Hall–Kier alpha value is -1.96. The quantitative estimate of drug-likeness (QED) is 0.561. The summed E-state index contributed by atoms with van der Waals surface area (Å²) in [6.07, 6.45) is 2.76. The van der Waals surface area contributed by atoms with Gasteiger partial charge in [-0.05, 0) is 12.8 Å². The molecule has 0 atom stereocenters. The van der Waals surface area contributed by atoms with Gasteiger partial charge in [0.15, 0.2) is 5.13 Å². The number of ether oxygens (including phenoxy) is 1. The molecular weight excluding hydrogens is 294 g/mol. The molecule has 0 radical (unpaired) electrons. The Morgan fingerprint density at radius 3 is 2.71 bits per heavy atom. The van der Waals surface area contributed by atoms with Gasteiger partial charge in [0.05, 0.1) is 7.11 Å². The monoisotopic (exact) mass is 313 g/mol. The lowest BCUT2D eigenvalue weighted by atomic mass is 10.2. The first-order chi connectivity index (χ1) is 10.0. The highest BCUT2D eigenvalue weighted by Gasteiger charge is 2.10. The molecule has 0 aliphatic rings. The third kappa shape index (κ3) is 6.84. The summed E-state index contributed by atoms with van der Waals surface area (Å²) in [6, 6.07) is 0. The van der Waals surface area contributed by atoms with Gasteiger partial charge in [-0.25, -0.2) is 4.98 Å². The number of carbonyl (C=O) groups excluding carboxylic acids is 3. The van der Waals surface area contributed by atoms with Crippen molar-refractivity contribution in [2.75, 3.05) is 19.0 Å². The van der Waals surface area contributed by atoms with E-state index in [9.17, 15) is 14.4 Å². The van der Waals surface area contributed by atoms with Crippen LogP contribution < -0.4 is 10.6 Å². The van der Waals surface area contributed by atoms with Gasteiger partial charge in [-0.2, -0.15) is 0 Å². The van der Waals surface area contributed by atoms with Gasteiger partial charge in [-0.3, -0.25) is 14.4 Å². The van der Waals surface area contributed by atoms with E-state index in [1.807, 2.05) is 0 Å². The Morgan fingerprint density at radius 2 is 2.05 bits per heavy atom. The predicted octanol–water partition coefficient (Wildman–Crippen LogP) is 1.56. The number of nitrogens with one attached hydrogen (secondary N) is 2. The average Bonchev–Trinajstić information content (AvgIpc) is 2.89. The fraction of sp³-hybridized carbons (Fsp3) is 0.538. The van der Waals surface area contributed by atoms with Crippen molar-refractivity contribution in [1.29, 1.82) is 0 Å². The number of hydrogen-bond donors (Lipinski definition) is 2. The molecule has 2 amide bonds. The van der Waals surface area contributed by atoms with Crippen LogP contribution in [0.4, 0.5) is 5.13 Å². The summed E-state index contributed by atoms with van der Waals surface area (Å²) in [5.41, 5.74) is 0.290. The molecule has 21 heavy (non-hydrogen) atoms. The van der Waals surface area contributed by atoms with Gasteiger partial charge in [-0.1, -0.05) is 6.42 Å². The Morgan fingerprint density at radius 1 is 1.29 bits per heavy atom. The number of carbonyl (C=O) groups is 3. The summed E-state index contributed by atoms with van der Waals surface area (Å²) >= 11 is 1.20. The van der Waals surface area contributed by atoms with Gasteiger partial charge in [0, 0.05) is 25.3 Å². The summed E-state index contributed by atoms with van der Waals surface area (Å²) in [5.74, 6) is -0.704. The van der Waals surface area contributed by atoms with Gasteiger partial charge < -0.3 is 15.4 Å². The van der Waals surface area contributed by atoms with Crippen LogP contribution in [-0.4, -0.2) is 36.4 Å². The topological polar surface area (TPSA) is 97.4 Å². The molecule has 0 aliphatic carbocycles. The molecule has 0 aromatic carbocycles. The molecular formula is C13H19N3O4S. The van der Waals surface area contributed by atoms with Crippen LogP contribution in [0.25, 0.3) is 0 Å². The minimum Gasteiger partial charge on any atom is -0.469 e. The van der Waals surface area contributed by atoms with E-state index in [1.165, 1.54) is 25.4 Å². The Bertz CT molecular complexity index is 501. The van der Waals surface area contributed by atoms with E-state index < -0.39 is 0 Å². The lowest BCUT2D eigenvalue weighted by molar-refractivity contribution is -0.140. The van der Waals surface area contributed by atoms with E-state index in [0.29, 0.717) is 23.8 Å². The smallest absolute Gasteiger partial charge is 0.305 e. The van der Waals surface area contributed by atoms with E-state index >= 15 is 0 Å². The molecule has 0 saturated heterocycles. The van der Waals surface area contributed by atoms with Crippen LogP contribution in [0.2, 0.25) is 0 Å². The number of rotatable bonds is 8. The van der Waals surface area contributed by atoms with E-state index in [2.05, 4.69) is 20.4 Å². The molecule has 1 aromatic rings. The minimum absolute atomic E-state index is 0.216. The van der Waals surface area contributed by atoms with Crippen LogP contribution in [-0.2, 0) is 14.3 Å². The van der Waals surface area contributed by atoms with Crippen LogP contribution in [0.3, 0.4) is 0 Å². The zero-order valence-corrected chi connectivity index (χ0v) is 12.9. The number of hydrogen-bond acceptors (Lipinski definition) is 6. The maximum absolute atomic E-state index is 11.8. The molecule has 0 unspecified atom stereocenters. The van der Waals surface area contributed by atoms with Crippen molar-refractivity contribution in [2.24, 2.45) is 0 Å². The van der Waals surface area contributed by atoms with Gasteiger partial charge in [0.1, 0.15) is 5.69 Å². The highest BCUT2D eigenvalue weighted by molar-refractivity contribution is 7.14. The Labute approximate surface area is 127 Å². The molecule has 7 nitrogen and oxygen atoms in total. The number of aromatic nitrogens is 1. The average molecular weight is 313 g/mol. The van der Waals surface area contributed by atoms with Crippen molar-refractivity contribution in [3.8, 4) is 0 Å². The van der Waals surface area contributed by atoms with Crippen molar-refractivity contribution >= 4 is 34.3 Å². The van der Waals surface area contributed by atoms with Crippen molar-refractivity contribution in [1.82, 2.24) is 10.3 Å². The zero-order chi connectivity index (χ0) is 15.7. The van der Waals surface area contributed by atoms with Crippen LogP contribution in [0, 0.1) is 0 Å². The number of thiazole rings is 1. The van der Waals surface area contributed by atoms with Crippen molar-refractivity contribution in [3.63, 3.8) is 0 Å². The van der Waals surface area contributed by atoms with E-state index in [4.69, 9.17) is 0 Å². The van der Waals surface area contributed by atoms with Gasteiger partial charge in [0.25, 0.3) is 5.91 Å². The summed E-state index contributed by atoms with van der Waals surface area (Å²) < 4.78 is 4.54. The number of methoxy groups -OCH3 is 1. The minimum atomic E-state index is -0.268. The molecule has 1 heterocycles. The molecule has 116 valence electrons. The number of esters is 1. The SMILES string of the molecule is COC(=O)CCCCCNC(=O)c1csc(NC(C)=O)n1. The molecule has 0 aliphatic heterocycles. The third-order valence-corrected chi connectivity index (χ3v) is 3.35. The van der Waals surface area contributed by atoms with E-state index in [-0.39, 0.29) is 17.8 Å². The molecule has 1 aromatic heterocycles. The van der Waals surface area contributed by atoms with E-state index in [1.54, 1.807) is 5.38 Å². The number of amides is 2. The zero-order valence-electron chi connectivity index (χ0n) is 12.1. The normalized spacial score (nSPS) is 10.0. The van der Waals surface area contributed by atoms with Crippen LogP contribution >= 0.6 is 11.3 Å². The molecule has 2 N–H and O–H groups in total. The van der Waals surface area contributed by atoms with Crippen LogP contribution in [0.15, 0.2) is 5.38 Å². The molecule has 0 saturated carbocycles. The van der Waals surface area contributed by atoms with Gasteiger partial charge >= 0.3 is 5.97 Å². The summed E-state index contributed by atoms with van der Waals surface area (Å²) in [5, 5.41) is 7.27. The first-order valence-electron chi connectivity index (χ1n) is 6.61. The maximum Gasteiger partial charge on any atom is 0.305 e. The number of unbranched alkanes of at least 4 members (excludes halogenated alkanes) is 2. The lowest BCUT2D eigenvalue weighted by Gasteiger charge is -2.03. The first-order valence-corrected chi connectivity index (χ1v) is 7.49. The van der Waals surface area contributed by atoms with Gasteiger partial charge in [-0.15, -0.1) is 11.3 Å². The van der Waals surface area contributed by atoms with Gasteiger partial charge in [0.2, 0.25) is 5.91 Å². The molecule has 1 rings (SSSR count). The highest BCUT2D eigenvalue weighted by Crippen LogP contribution is 2.15. The number of nitrogens with zero attached hydrogens (tertiary/aromatic N) is 1.